The second kappa shape index (κ2) is 9.04. The lowest BCUT2D eigenvalue weighted by Crippen LogP contribution is -2.29. The van der Waals surface area contributed by atoms with Gasteiger partial charge in [-0.1, -0.05) is 30.3 Å². The summed E-state index contributed by atoms with van der Waals surface area (Å²) in [6, 6.07) is 17.6. The minimum atomic E-state index is 0.404. The van der Waals surface area contributed by atoms with Crippen molar-refractivity contribution in [2.24, 2.45) is 5.92 Å². The van der Waals surface area contributed by atoms with Gasteiger partial charge >= 0.3 is 0 Å². The molecule has 31 heavy (non-hydrogen) atoms. The Labute approximate surface area is 183 Å². The Bertz CT molecular complexity index is 1100. The number of rotatable bonds is 8. The van der Waals surface area contributed by atoms with E-state index in [1.807, 2.05) is 4.57 Å². The van der Waals surface area contributed by atoms with E-state index in [1.165, 1.54) is 41.5 Å². The van der Waals surface area contributed by atoms with E-state index in [0.717, 1.165) is 31.1 Å². The molecule has 0 aliphatic carbocycles. The van der Waals surface area contributed by atoms with Gasteiger partial charge in [-0.15, -0.1) is 10.2 Å². The standard InChI is InChI=1S/C25H30N6/c1-19(21-5-3-2-4-6-21)26-14-20-9-11-30(16-20)12-10-22-15-27-25-8-7-23(13-24(22)25)31-17-28-29-18-31/h2-8,13,15,17-20,26-27H,9-12,14,16H2,1H3/t19-,20-/m0/s1. The first-order valence-electron chi connectivity index (χ1n) is 11.2. The van der Waals surface area contributed by atoms with Crippen LogP contribution in [0.4, 0.5) is 0 Å². The fourth-order valence-electron chi connectivity index (χ4n) is 4.63. The van der Waals surface area contributed by atoms with E-state index < -0.39 is 0 Å². The van der Waals surface area contributed by atoms with Gasteiger partial charge in [-0.3, -0.25) is 4.57 Å². The van der Waals surface area contributed by atoms with Gasteiger partial charge in [0.25, 0.3) is 0 Å². The quantitative estimate of drug-likeness (QED) is 0.458. The number of hydrogen-bond acceptors (Lipinski definition) is 4. The summed E-state index contributed by atoms with van der Waals surface area (Å²) in [6.07, 6.45) is 7.98. The van der Waals surface area contributed by atoms with E-state index in [1.54, 1.807) is 12.7 Å². The largest absolute Gasteiger partial charge is 0.361 e. The molecule has 0 unspecified atom stereocenters. The topological polar surface area (TPSA) is 61.8 Å². The molecule has 2 aromatic heterocycles. The number of aromatic nitrogens is 4. The van der Waals surface area contributed by atoms with Crippen molar-refractivity contribution in [3.8, 4) is 5.69 Å². The van der Waals surface area contributed by atoms with Gasteiger partial charge in [0.05, 0.1) is 0 Å². The number of benzene rings is 2. The zero-order chi connectivity index (χ0) is 21.0. The normalized spacial score (nSPS) is 18.0. The Morgan fingerprint density at radius 1 is 1.13 bits per heavy atom. The molecular formula is C25H30N6. The molecule has 0 radical (unpaired) electrons. The SMILES string of the molecule is C[C@H](NC[C@@H]1CCN(CCc2c[nH]c3ccc(-n4cnnc4)cc23)C1)c1ccccc1. The second-order valence-corrected chi connectivity index (χ2v) is 8.66. The molecule has 1 aliphatic rings. The molecule has 2 atom stereocenters. The Balaban J connectivity index is 1.15. The van der Waals surface area contributed by atoms with Crippen molar-refractivity contribution in [2.45, 2.75) is 25.8 Å². The third kappa shape index (κ3) is 4.55. The van der Waals surface area contributed by atoms with E-state index in [9.17, 15) is 0 Å². The first-order chi connectivity index (χ1) is 15.3. The van der Waals surface area contributed by atoms with E-state index >= 15 is 0 Å². The van der Waals surface area contributed by atoms with E-state index in [2.05, 4.69) is 87.0 Å². The molecule has 0 amide bonds. The van der Waals surface area contributed by atoms with Crippen molar-refractivity contribution in [3.63, 3.8) is 0 Å². The first-order valence-corrected chi connectivity index (χ1v) is 11.2. The van der Waals surface area contributed by atoms with E-state index in [4.69, 9.17) is 0 Å². The average Bonchev–Trinajstić information content (AvgIpc) is 3.57. The molecule has 1 saturated heterocycles. The number of nitrogens with zero attached hydrogens (tertiary/aromatic N) is 4. The van der Waals surface area contributed by atoms with Crippen molar-refractivity contribution < 1.29 is 0 Å². The van der Waals surface area contributed by atoms with Gasteiger partial charge in [0.2, 0.25) is 0 Å². The van der Waals surface area contributed by atoms with Gasteiger partial charge < -0.3 is 15.2 Å². The van der Waals surface area contributed by atoms with Crippen molar-refractivity contribution >= 4 is 10.9 Å². The van der Waals surface area contributed by atoms with Crippen LogP contribution in [0.1, 0.15) is 30.5 Å². The lowest BCUT2D eigenvalue weighted by molar-refractivity contribution is 0.323. The average molecular weight is 415 g/mol. The summed E-state index contributed by atoms with van der Waals surface area (Å²) in [4.78, 5) is 6.04. The minimum Gasteiger partial charge on any atom is -0.361 e. The molecule has 160 valence electrons. The summed E-state index contributed by atoms with van der Waals surface area (Å²) < 4.78 is 1.95. The molecule has 6 heteroatoms. The summed E-state index contributed by atoms with van der Waals surface area (Å²) in [7, 11) is 0. The smallest absolute Gasteiger partial charge is 0.123 e. The van der Waals surface area contributed by atoms with Crippen molar-refractivity contribution in [3.05, 3.63) is 78.5 Å². The fourth-order valence-corrected chi connectivity index (χ4v) is 4.63. The molecule has 2 aromatic carbocycles. The number of nitrogens with one attached hydrogen (secondary N) is 2. The molecule has 1 fully saturated rings. The zero-order valence-electron chi connectivity index (χ0n) is 18.0. The van der Waals surface area contributed by atoms with Crippen LogP contribution in [0.15, 0.2) is 67.4 Å². The lowest BCUT2D eigenvalue weighted by atomic mass is 10.1. The van der Waals surface area contributed by atoms with Gasteiger partial charge in [-0.25, -0.2) is 0 Å². The van der Waals surface area contributed by atoms with Crippen molar-refractivity contribution in [2.75, 3.05) is 26.2 Å². The highest BCUT2D eigenvalue weighted by Crippen LogP contribution is 2.24. The number of likely N-dealkylation sites (tertiary alicyclic amines) is 1. The summed E-state index contributed by atoms with van der Waals surface area (Å²) >= 11 is 0. The van der Waals surface area contributed by atoms with Crippen LogP contribution in [0, 0.1) is 5.92 Å². The van der Waals surface area contributed by atoms with Crippen LogP contribution in [-0.4, -0.2) is 50.8 Å². The maximum Gasteiger partial charge on any atom is 0.123 e. The first kappa shape index (κ1) is 20.0. The van der Waals surface area contributed by atoms with Gasteiger partial charge in [0.15, 0.2) is 0 Å². The highest BCUT2D eigenvalue weighted by Gasteiger charge is 2.22. The highest BCUT2D eigenvalue weighted by atomic mass is 15.2. The van der Waals surface area contributed by atoms with Crippen molar-refractivity contribution in [1.29, 1.82) is 0 Å². The van der Waals surface area contributed by atoms with Crippen LogP contribution >= 0.6 is 0 Å². The molecule has 2 N–H and O–H groups in total. The molecule has 4 aromatic rings. The van der Waals surface area contributed by atoms with Gasteiger partial charge in [-0.05, 0) is 68.1 Å². The predicted octanol–water partition coefficient (Wildman–Crippen LogP) is 3.96. The van der Waals surface area contributed by atoms with Crippen LogP contribution in [0.2, 0.25) is 0 Å². The lowest BCUT2D eigenvalue weighted by Gasteiger charge is -2.19. The van der Waals surface area contributed by atoms with Crippen LogP contribution < -0.4 is 5.32 Å². The number of hydrogen-bond donors (Lipinski definition) is 2. The summed E-state index contributed by atoms with van der Waals surface area (Å²) in [5, 5.41) is 12.9. The van der Waals surface area contributed by atoms with Crippen LogP contribution in [0.25, 0.3) is 16.6 Å². The van der Waals surface area contributed by atoms with Crippen LogP contribution in [0.3, 0.4) is 0 Å². The fraction of sp³-hybridized carbons (Fsp3) is 0.360. The number of fused-ring (bicyclic) bond motifs is 1. The molecule has 1 aliphatic heterocycles. The third-order valence-corrected chi connectivity index (χ3v) is 6.55. The predicted molar refractivity (Wildman–Crippen MR) is 124 cm³/mol. The summed E-state index contributed by atoms with van der Waals surface area (Å²) in [5.41, 5.74) is 5.02. The summed E-state index contributed by atoms with van der Waals surface area (Å²) in [6.45, 7) is 6.83. The molecule has 0 saturated carbocycles. The molecule has 6 nitrogen and oxygen atoms in total. The number of H-pyrrole nitrogens is 1. The third-order valence-electron chi connectivity index (χ3n) is 6.55. The monoisotopic (exact) mass is 414 g/mol. The molecular weight excluding hydrogens is 384 g/mol. The van der Waals surface area contributed by atoms with Crippen molar-refractivity contribution in [1.82, 2.24) is 30.0 Å². The Hall–Kier alpha value is -2.96. The minimum absolute atomic E-state index is 0.404. The zero-order valence-corrected chi connectivity index (χ0v) is 18.0. The number of aromatic amines is 1. The molecule has 0 spiro atoms. The highest BCUT2D eigenvalue weighted by molar-refractivity contribution is 5.85. The summed E-state index contributed by atoms with van der Waals surface area (Å²) in [5.74, 6) is 0.731. The van der Waals surface area contributed by atoms with E-state index in [-0.39, 0.29) is 0 Å². The Morgan fingerprint density at radius 3 is 2.81 bits per heavy atom. The molecule has 3 heterocycles. The van der Waals surface area contributed by atoms with Crippen LogP contribution in [0.5, 0.6) is 0 Å². The van der Waals surface area contributed by atoms with Gasteiger partial charge in [0.1, 0.15) is 12.7 Å². The second-order valence-electron chi connectivity index (χ2n) is 8.66. The molecule has 5 rings (SSSR count). The van der Waals surface area contributed by atoms with Gasteiger partial charge in [-0.2, -0.15) is 0 Å². The van der Waals surface area contributed by atoms with E-state index in [0.29, 0.717) is 6.04 Å². The Kier molecular flexibility index (Phi) is 5.82. The van der Waals surface area contributed by atoms with Gasteiger partial charge in [0, 0.05) is 41.9 Å². The maximum atomic E-state index is 3.92. The maximum absolute atomic E-state index is 3.92. The molecule has 0 bridgehead atoms. The van der Waals surface area contributed by atoms with Crippen LogP contribution in [-0.2, 0) is 6.42 Å². The Morgan fingerprint density at radius 2 is 1.97 bits per heavy atom.